The summed E-state index contributed by atoms with van der Waals surface area (Å²) in [5.74, 6) is -0.771. The first-order valence-electron chi connectivity index (χ1n) is 8.52. The average Bonchev–Trinajstić information content (AvgIpc) is 2.95. The van der Waals surface area contributed by atoms with Crippen molar-refractivity contribution in [1.82, 2.24) is 9.55 Å². The molecule has 0 spiro atoms. The molecule has 140 valence electrons. The van der Waals surface area contributed by atoms with Crippen LogP contribution in [0.2, 0.25) is 0 Å². The Hall–Kier alpha value is -3.00. The molecule has 3 aromatic rings. The summed E-state index contributed by atoms with van der Waals surface area (Å²) in [6.07, 6.45) is 0.717. The Morgan fingerprint density at radius 2 is 1.89 bits per heavy atom. The number of amides is 2. The molecule has 2 aromatic heterocycles. The number of primary amides is 2. The first-order valence-corrected chi connectivity index (χ1v) is 9.34. The van der Waals surface area contributed by atoms with Crippen LogP contribution >= 0.6 is 11.3 Å². The molecule has 0 radical (unpaired) electrons. The third-order valence-electron chi connectivity index (χ3n) is 4.53. The smallest absolute Gasteiger partial charge is 0.263 e. The van der Waals surface area contributed by atoms with Crippen molar-refractivity contribution in [2.75, 3.05) is 0 Å². The fourth-order valence-electron chi connectivity index (χ4n) is 3.21. The van der Waals surface area contributed by atoms with E-state index in [1.54, 1.807) is 13.8 Å². The average molecular weight is 384 g/mol. The summed E-state index contributed by atoms with van der Waals surface area (Å²) in [4.78, 5) is 42.3. The van der Waals surface area contributed by atoms with Crippen molar-refractivity contribution in [1.29, 1.82) is 0 Å². The molecule has 1 unspecified atom stereocenters. The van der Waals surface area contributed by atoms with Crippen molar-refractivity contribution in [3.05, 3.63) is 62.5 Å². The maximum Gasteiger partial charge on any atom is 0.263 e. The van der Waals surface area contributed by atoms with Crippen LogP contribution in [0, 0.1) is 6.92 Å². The number of thiophene rings is 1. The summed E-state index contributed by atoms with van der Waals surface area (Å²) in [6, 6.07) is 8.70. The molecule has 27 heavy (non-hydrogen) atoms. The molecular weight excluding hydrogens is 364 g/mol. The first kappa shape index (κ1) is 18.8. The molecule has 1 atom stereocenters. The van der Waals surface area contributed by atoms with Crippen LogP contribution in [0.1, 0.15) is 46.0 Å². The van der Waals surface area contributed by atoms with Crippen LogP contribution in [-0.4, -0.2) is 21.4 Å². The number of carbonyl (C=O) groups is 2. The van der Waals surface area contributed by atoms with E-state index in [1.165, 1.54) is 4.57 Å². The lowest BCUT2D eigenvalue weighted by Gasteiger charge is -2.19. The topological polar surface area (TPSA) is 121 Å². The minimum absolute atomic E-state index is 0.296. The number of carbonyl (C=O) groups excluding carboxylic acids is 2. The third-order valence-corrected chi connectivity index (χ3v) is 5.73. The largest absolute Gasteiger partial charge is 0.368 e. The molecule has 2 amide bonds. The maximum absolute atomic E-state index is 13.3. The molecule has 0 bridgehead atoms. The molecule has 8 heteroatoms. The van der Waals surface area contributed by atoms with Gasteiger partial charge in [-0.2, -0.15) is 0 Å². The van der Waals surface area contributed by atoms with Crippen LogP contribution in [-0.2, 0) is 11.2 Å². The summed E-state index contributed by atoms with van der Waals surface area (Å²) < 4.78 is 1.36. The van der Waals surface area contributed by atoms with Gasteiger partial charge in [0, 0.05) is 6.42 Å². The lowest BCUT2D eigenvalue weighted by Crippen LogP contribution is -2.36. The normalized spacial score (nSPS) is 12.2. The fraction of sp³-hybridized carbons (Fsp3) is 0.263. The van der Waals surface area contributed by atoms with E-state index in [4.69, 9.17) is 11.5 Å². The molecule has 0 aliphatic carbocycles. The van der Waals surface area contributed by atoms with Crippen molar-refractivity contribution in [2.45, 2.75) is 32.7 Å². The zero-order valence-electron chi connectivity index (χ0n) is 15.1. The van der Waals surface area contributed by atoms with E-state index in [0.29, 0.717) is 39.3 Å². The van der Waals surface area contributed by atoms with Gasteiger partial charge in [0.1, 0.15) is 16.7 Å². The fourth-order valence-corrected chi connectivity index (χ4v) is 4.25. The van der Waals surface area contributed by atoms with Gasteiger partial charge in [-0.15, -0.1) is 11.3 Å². The zero-order chi connectivity index (χ0) is 19.7. The van der Waals surface area contributed by atoms with Crippen LogP contribution in [0.3, 0.4) is 0 Å². The standard InChI is InChI=1S/C19H20N4O3S/c1-3-12(16(20)24)23-13(9-11-7-5-4-6-8-11)22-18-14(19(23)26)10(2)15(27-18)17(21)25/h4-8,12H,3,9H2,1-2H3,(H2,20,24)(H2,21,25). The molecule has 2 heterocycles. The second-order valence-electron chi connectivity index (χ2n) is 6.29. The highest BCUT2D eigenvalue weighted by Gasteiger charge is 2.25. The van der Waals surface area contributed by atoms with E-state index < -0.39 is 17.9 Å². The molecule has 1 aromatic carbocycles. The summed E-state index contributed by atoms with van der Waals surface area (Å²) in [5, 5.41) is 0.310. The highest BCUT2D eigenvalue weighted by Crippen LogP contribution is 2.28. The number of hydrogen-bond acceptors (Lipinski definition) is 5. The summed E-state index contributed by atoms with van der Waals surface area (Å²) in [6.45, 7) is 3.45. The van der Waals surface area contributed by atoms with Gasteiger partial charge < -0.3 is 11.5 Å². The second-order valence-corrected chi connectivity index (χ2v) is 7.29. The van der Waals surface area contributed by atoms with E-state index in [-0.39, 0.29) is 5.56 Å². The summed E-state index contributed by atoms with van der Waals surface area (Å²) in [5.41, 5.74) is 12.0. The van der Waals surface area contributed by atoms with Gasteiger partial charge in [-0.3, -0.25) is 19.0 Å². The van der Waals surface area contributed by atoms with E-state index in [9.17, 15) is 14.4 Å². The summed E-state index contributed by atoms with van der Waals surface area (Å²) >= 11 is 1.09. The number of hydrogen-bond donors (Lipinski definition) is 2. The van der Waals surface area contributed by atoms with Gasteiger partial charge in [-0.1, -0.05) is 37.3 Å². The number of rotatable bonds is 6. The van der Waals surface area contributed by atoms with Crippen molar-refractivity contribution in [2.24, 2.45) is 11.5 Å². The molecule has 7 nitrogen and oxygen atoms in total. The van der Waals surface area contributed by atoms with Crippen molar-refractivity contribution < 1.29 is 9.59 Å². The maximum atomic E-state index is 13.3. The Morgan fingerprint density at radius 3 is 2.44 bits per heavy atom. The number of benzene rings is 1. The van der Waals surface area contributed by atoms with E-state index in [0.717, 1.165) is 16.9 Å². The van der Waals surface area contributed by atoms with E-state index in [2.05, 4.69) is 4.98 Å². The Bertz CT molecular complexity index is 1090. The number of nitrogens with zero attached hydrogens (tertiary/aromatic N) is 2. The van der Waals surface area contributed by atoms with Crippen molar-refractivity contribution in [3.63, 3.8) is 0 Å². The van der Waals surface area contributed by atoms with Gasteiger partial charge >= 0.3 is 0 Å². The van der Waals surface area contributed by atoms with Gasteiger partial charge in [0.05, 0.1) is 10.3 Å². The SMILES string of the molecule is CCC(C(N)=O)n1c(Cc2ccccc2)nc2sc(C(N)=O)c(C)c2c1=O. The van der Waals surface area contributed by atoms with Gasteiger partial charge in [0.25, 0.3) is 11.5 Å². The molecule has 4 N–H and O–H groups in total. The Labute approximate surface area is 159 Å². The predicted octanol–water partition coefficient (Wildman–Crippen LogP) is 1.89. The Balaban J connectivity index is 2.32. The number of aromatic nitrogens is 2. The molecule has 0 aliphatic rings. The van der Waals surface area contributed by atoms with Gasteiger partial charge in [0.2, 0.25) is 5.91 Å². The van der Waals surface area contributed by atoms with Crippen LogP contribution in [0.25, 0.3) is 10.2 Å². The lowest BCUT2D eigenvalue weighted by atomic mass is 10.1. The Kier molecular flexibility index (Phi) is 5.09. The highest BCUT2D eigenvalue weighted by atomic mass is 32.1. The number of nitrogens with two attached hydrogens (primary N) is 2. The minimum atomic E-state index is -0.815. The molecule has 0 saturated carbocycles. The Morgan fingerprint density at radius 1 is 1.22 bits per heavy atom. The van der Waals surface area contributed by atoms with Gasteiger partial charge in [0.15, 0.2) is 0 Å². The minimum Gasteiger partial charge on any atom is -0.368 e. The van der Waals surface area contributed by atoms with E-state index in [1.807, 2.05) is 30.3 Å². The highest BCUT2D eigenvalue weighted by molar-refractivity contribution is 7.20. The third kappa shape index (κ3) is 3.35. The molecule has 0 aliphatic heterocycles. The van der Waals surface area contributed by atoms with Crippen LogP contribution in [0.5, 0.6) is 0 Å². The number of aryl methyl sites for hydroxylation is 1. The van der Waals surface area contributed by atoms with Crippen molar-refractivity contribution >= 4 is 33.4 Å². The molecule has 0 saturated heterocycles. The predicted molar refractivity (Wildman–Crippen MR) is 105 cm³/mol. The number of fused-ring (bicyclic) bond motifs is 1. The molecule has 3 rings (SSSR count). The first-order chi connectivity index (χ1) is 12.8. The van der Waals surface area contributed by atoms with E-state index >= 15 is 0 Å². The van der Waals surface area contributed by atoms with Gasteiger partial charge in [-0.25, -0.2) is 4.98 Å². The second kappa shape index (κ2) is 7.32. The molecular formula is C19H20N4O3S. The lowest BCUT2D eigenvalue weighted by molar-refractivity contribution is -0.121. The van der Waals surface area contributed by atoms with Crippen LogP contribution in [0.4, 0.5) is 0 Å². The van der Waals surface area contributed by atoms with Crippen LogP contribution < -0.4 is 17.0 Å². The summed E-state index contributed by atoms with van der Waals surface area (Å²) in [7, 11) is 0. The zero-order valence-corrected chi connectivity index (χ0v) is 15.9. The van der Waals surface area contributed by atoms with Gasteiger partial charge in [-0.05, 0) is 24.5 Å². The molecule has 0 fully saturated rings. The monoisotopic (exact) mass is 384 g/mol. The van der Waals surface area contributed by atoms with Crippen LogP contribution in [0.15, 0.2) is 35.1 Å². The van der Waals surface area contributed by atoms with Crippen molar-refractivity contribution in [3.8, 4) is 0 Å². The quantitative estimate of drug-likeness (QED) is 0.674.